The smallest absolute Gasteiger partial charge is 0.0741 e. The lowest BCUT2D eigenvalue weighted by atomic mass is 9.55. The quantitative estimate of drug-likeness (QED) is 0.757. The fourth-order valence-corrected chi connectivity index (χ4v) is 2.29. The van der Waals surface area contributed by atoms with Crippen molar-refractivity contribution in [2.24, 2.45) is 5.41 Å². The molecule has 2 N–H and O–H groups in total. The van der Waals surface area contributed by atoms with Crippen LogP contribution in [0.4, 0.5) is 0 Å². The van der Waals surface area contributed by atoms with Gasteiger partial charge in [0, 0.05) is 25.1 Å². The standard InChI is InChI=1S/C13H27NO2/c1-7-12(4,15)9-14-10-8-13(5,16-6)11(10,2)3/h10,14-15H,7-9H2,1-6H3. The minimum Gasteiger partial charge on any atom is -0.389 e. The van der Waals surface area contributed by atoms with Gasteiger partial charge in [-0.15, -0.1) is 0 Å². The van der Waals surface area contributed by atoms with Crippen LogP contribution in [0.3, 0.4) is 0 Å². The molecule has 0 aromatic rings. The first-order chi connectivity index (χ1) is 7.18. The summed E-state index contributed by atoms with van der Waals surface area (Å²) in [5, 5.41) is 13.4. The number of nitrogens with one attached hydrogen (secondary N) is 1. The highest BCUT2D eigenvalue weighted by atomic mass is 16.5. The molecule has 0 aromatic carbocycles. The SMILES string of the molecule is CCC(C)(O)CNC1CC(C)(OC)C1(C)C. The molecule has 0 heterocycles. The Morgan fingerprint density at radius 3 is 2.38 bits per heavy atom. The molecule has 0 radical (unpaired) electrons. The molecule has 1 rings (SSSR count). The molecule has 0 aliphatic heterocycles. The highest BCUT2D eigenvalue weighted by Crippen LogP contribution is 2.51. The third-order valence-electron chi connectivity index (χ3n) is 4.77. The Morgan fingerprint density at radius 1 is 1.44 bits per heavy atom. The average Bonchev–Trinajstić information content (AvgIpc) is 2.23. The molecule has 1 saturated carbocycles. The van der Waals surface area contributed by atoms with Gasteiger partial charge in [0.25, 0.3) is 0 Å². The molecular weight excluding hydrogens is 202 g/mol. The van der Waals surface area contributed by atoms with Crippen molar-refractivity contribution >= 4 is 0 Å². The van der Waals surface area contributed by atoms with Crippen LogP contribution in [0.25, 0.3) is 0 Å². The molecule has 0 bridgehead atoms. The summed E-state index contributed by atoms with van der Waals surface area (Å²) in [6.45, 7) is 11.1. The molecule has 0 spiro atoms. The number of hydrogen-bond donors (Lipinski definition) is 2. The Kier molecular flexibility index (Phi) is 3.73. The van der Waals surface area contributed by atoms with E-state index in [0.29, 0.717) is 12.6 Å². The highest BCUT2D eigenvalue weighted by Gasteiger charge is 2.57. The van der Waals surface area contributed by atoms with Crippen LogP contribution in [0.2, 0.25) is 0 Å². The molecule has 1 aliphatic carbocycles. The highest BCUT2D eigenvalue weighted by molar-refractivity contribution is 5.11. The summed E-state index contributed by atoms with van der Waals surface area (Å²) in [6, 6.07) is 0.426. The number of aliphatic hydroxyl groups is 1. The normalized spacial score (nSPS) is 36.6. The van der Waals surface area contributed by atoms with Gasteiger partial charge in [-0.3, -0.25) is 0 Å². The lowest BCUT2D eigenvalue weighted by Crippen LogP contribution is -2.68. The first kappa shape index (κ1) is 13.9. The van der Waals surface area contributed by atoms with Gasteiger partial charge in [0.15, 0.2) is 0 Å². The zero-order chi connectivity index (χ0) is 12.6. The van der Waals surface area contributed by atoms with Crippen molar-refractivity contribution in [3.8, 4) is 0 Å². The van der Waals surface area contributed by atoms with Gasteiger partial charge in [-0.2, -0.15) is 0 Å². The molecule has 96 valence electrons. The van der Waals surface area contributed by atoms with Gasteiger partial charge < -0.3 is 15.2 Å². The first-order valence-corrected chi connectivity index (χ1v) is 6.19. The average molecular weight is 229 g/mol. The minimum atomic E-state index is -0.602. The number of rotatable bonds is 5. The summed E-state index contributed by atoms with van der Waals surface area (Å²) in [6.07, 6.45) is 1.78. The molecule has 0 aromatic heterocycles. The second kappa shape index (κ2) is 4.28. The summed E-state index contributed by atoms with van der Waals surface area (Å²) in [5.41, 5.74) is -0.524. The van der Waals surface area contributed by atoms with Gasteiger partial charge >= 0.3 is 0 Å². The van der Waals surface area contributed by atoms with Crippen LogP contribution in [-0.4, -0.2) is 36.0 Å². The van der Waals surface area contributed by atoms with Gasteiger partial charge in [-0.1, -0.05) is 20.8 Å². The van der Waals surface area contributed by atoms with Gasteiger partial charge in [0.2, 0.25) is 0 Å². The van der Waals surface area contributed by atoms with E-state index < -0.39 is 5.60 Å². The molecule has 3 atom stereocenters. The largest absolute Gasteiger partial charge is 0.389 e. The Hall–Kier alpha value is -0.120. The third kappa shape index (κ3) is 2.27. The predicted octanol–water partition coefficient (Wildman–Crippen LogP) is 1.94. The Balaban J connectivity index is 2.49. The van der Waals surface area contributed by atoms with Crippen LogP contribution in [0, 0.1) is 5.41 Å². The molecule has 3 unspecified atom stereocenters. The lowest BCUT2D eigenvalue weighted by molar-refractivity contribution is -0.182. The summed E-state index contributed by atoms with van der Waals surface area (Å²) >= 11 is 0. The molecule has 1 fully saturated rings. The maximum Gasteiger partial charge on any atom is 0.0741 e. The fraction of sp³-hybridized carbons (Fsp3) is 1.00. The van der Waals surface area contributed by atoms with E-state index in [1.165, 1.54) is 0 Å². The number of hydrogen-bond acceptors (Lipinski definition) is 3. The summed E-state index contributed by atoms with van der Waals surface area (Å²) in [4.78, 5) is 0. The third-order valence-corrected chi connectivity index (χ3v) is 4.77. The van der Waals surface area contributed by atoms with Crippen LogP contribution in [0.1, 0.15) is 47.5 Å². The van der Waals surface area contributed by atoms with E-state index in [1.807, 2.05) is 13.8 Å². The zero-order valence-corrected chi connectivity index (χ0v) is 11.6. The summed E-state index contributed by atoms with van der Waals surface area (Å²) in [7, 11) is 1.78. The maximum absolute atomic E-state index is 9.96. The van der Waals surface area contributed by atoms with Crippen LogP contribution in [-0.2, 0) is 4.74 Å². The fourth-order valence-electron chi connectivity index (χ4n) is 2.29. The summed E-state index contributed by atoms with van der Waals surface area (Å²) in [5.74, 6) is 0. The van der Waals surface area contributed by atoms with Crippen molar-refractivity contribution in [1.29, 1.82) is 0 Å². The molecule has 3 heteroatoms. The summed E-state index contributed by atoms with van der Waals surface area (Å²) < 4.78 is 5.57. The van der Waals surface area contributed by atoms with E-state index in [0.717, 1.165) is 12.8 Å². The zero-order valence-electron chi connectivity index (χ0n) is 11.6. The molecule has 1 aliphatic rings. The van der Waals surface area contributed by atoms with Gasteiger partial charge in [-0.05, 0) is 26.7 Å². The van der Waals surface area contributed by atoms with E-state index in [2.05, 4.69) is 26.1 Å². The van der Waals surface area contributed by atoms with Crippen molar-refractivity contribution in [2.75, 3.05) is 13.7 Å². The topological polar surface area (TPSA) is 41.5 Å². The Morgan fingerprint density at radius 2 is 2.00 bits per heavy atom. The molecule has 0 amide bonds. The Bertz CT molecular complexity index is 250. The van der Waals surface area contributed by atoms with E-state index in [9.17, 15) is 5.11 Å². The molecule has 16 heavy (non-hydrogen) atoms. The number of ether oxygens (including phenoxy) is 1. The van der Waals surface area contributed by atoms with Gasteiger partial charge in [0.1, 0.15) is 0 Å². The molecular formula is C13H27NO2. The van der Waals surface area contributed by atoms with Crippen molar-refractivity contribution < 1.29 is 9.84 Å². The van der Waals surface area contributed by atoms with E-state index in [-0.39, 0.29) is 11.0 Å². The van der Waals surface area contributed by atoms with Crippen LogP contribution in [0.15, 0.2) is 0 Å². The van der Waals surface area contributed by atoms with E-state index >= 15 is 0 Å². The maximum atomic E-state index is 9.96. The predicted molar refractivity (Wildman–Crippen MR) is 66.5 cm³/mol. The van der Waals surface area contributed by atoms with E-state index in [1.54, 1.807) is 7.11 Å². The lowest BCUT2D eigenvalue weighted by Gasteiger charge is -2.59. The van der Waals surface area contributed by atoms with E-state index in [4.69, 9.17) is 4.74 Å². The molecule has 3 nitrogen and oxygen atoms in total. The van der Waals surface area contributed by atoms with Crippen molar-refractivity contribution in [1.82, 2.24) is 5.32 Å². The second-order valence-electron chi connectivity index (χ2n) is 6.14. The van der Waals surface area contributed by atoms with Crippen LogP contribution < -0.4 is 5.32 Å². The minimum absolute atomic E-state index is 0.0389. The van der Waals surface area contributed by atoms with Crippen LogP contribution in [0.5, 0.6) is 0 Å². The van der Waals surface area contributed by atoms with Crippen molar-refractivity contribution in [3.63, 3.8) is 0 Å². The first-order valence-electron chi connectivity index (χ1n) is 6.19. The van der Waals surface area contributed by atoms with Gasteiger partial charge in [0.05, 0.1) is 11.2 Å². The Labute approximate surface area is 99.6 Å². The van der Waals surface area contributed by atoms with Crippen LogP contribution >= 0.6 is 0 Å². The van der Waals surface area contributed by atoms with Gasteiger partial charge in [-0.25, -0.2) is 0 Å². The second-order valence-corrected chi connectivity index (χ2v) is 6.14. The van der Waals surface area contributed by atoms with Crippen molar-refractivity contribution in [2.45, 2.75) is 64.7 Å². The number of methoxy groups -OCH3 is 1. The molecule has 0 saturated heterocycles. The van der Waals surface area contributed by atoms with Crippen molar-refractivity contribution in [3.05, 3.63) is 0 Å². The monoisotopic (exact) mass is 229 g/mol.